The van der Waals surface area contributed by atoms with Crippen molar-refractivity contribution in [2.45, 2.75) is 33.6 Å². The fourth-order valence-electron chi connectivity index (χ4n) is 3.62. The molecule has 4 nitrogen and oxygen atoms in total. The molecular formula is C24H28INO3. The van der Waals surface area contributed by atoms with Gasteiger partial charge < -0.3 is 14.8 Å². The van der Waals surface area contributed by atoms with E-state index in [2.05, 4.69) is 77.8 Å². The quantitative estimate of drug-likeness (QED) is 0.336. The van der Waals surface area contributed by atoms with Crippen LogP contribution in [0.15, 0.2) is 42.5 Å². The van der Waals surface area contributed by atoms with Gasteiger partial charge in [0, 0.05) is 17.5 Å². The predicted molar refractivity (Wildman–Crippen MR) is 126 cm³/mol. The van der Waals surface area contributed by atoms with Gasteiger partial charge in [0.2, 0.25) is 0 Å². The zero-order valence-electron chi connectivity index (χ0n) is 17.4. The number of hydrogen-bond donors (Lipinski definition) is 2. The smallest absolute Gasteiger partial charge is 0.308 e. The van der Waals surface area contributed by atoms with Gasteiger partial charge in [0.05, 0.1) is 16.7 Å². The van der Waals surface area contributed by atoms with Gasteiger partial charge in [-0.15, -0.1) is 0 Å². The second kappa shape index (κ2) is 8.88. The first-order valence-electron chi connectivity index (χ1n) is 9.82. The van der Waals surface area contributed by atoms with E-state index in [4.69, 9.17) is 4.74 Å². The van der Waals surface area contributed by atoms with Gasteiger partial charge in [0.25, 0.3) is 0 Å². The Morgan fingerprint density at radius 1 is 1.21 bits per heavy atom. The van der Waals surface area contributed by atoms with Gasteiger partial charge in [0.15, 0.2) is 0 Å². The molecule has 3 rings (SSSR count). The number of aromatic amines is 1. The first-order valence-corrected chi connectivity index (χ1v) is 10.9. The molecule has 1 heterocycles. The number of aliphatic hydroxyl groups is 1. The van der Waals surface area contributed by atoms with E-state index >= 15 is 0 Å². The van der Waals surface area contributed by atoms with Gasteiger partial charge in [-0.2, -0.15) is 0 Å². The van der Waals surface area contributed by atoms with Crippen LogP contribution in [0.2, 0.25) is 0 Å². The lowest BCUT2D eigenvalue weighted by Gasteiger charge is -2.21. The van der Waals surface area contributed by atoms with Crippen molar-refractivity contribution in [1.82, 2.24) is 4.98 Å². The van der Waals surface area contributed by atoms with Crippen molar-refractivity contribution in [2.75, 3.05) is 13.7 Å². The molecule has 5 heteroatoms. The SMILES string of the molecule is COC(=O)[C@@H](C)Cc1cccc(-c2ccc3[nH]c(I)c(CC(C)(C)CO)c3c2)c1. The molecule has 0 bridgehead atoms. The molecule has 1 atom stereocenters. The number of benzene rings is 2. The Morgan fingerprint density at radius 3 is 2.62 bits per heavy atom. The van der Waals surface area contributed by atoms with E-state index in [0.717, 1.165) is 32.3 Å². The summed E-state index contributed by atoms with van der Waals surface area (Å²) in [6, 6.07) is 14.8. The summed E-state index contributed by atoms with van der Waals surface area (Å²) >= 11 is 2.34. The van der Waals surface area contributed by atoms with E-state index in [9.17, 15) is 9.90 Å². The van der Waals surface area contributed by atoms with Crippen molar-refractivity contribution in [2.24, 2.45) is 11.3 Å². The van der Waals surface area contributed by atoms with Crippen molar-refractivity contribution in [3.8, 4) is 11.1 Å². The Bertz CT molecular complexity index is 1020. The van der Waals surface area contributed by atoms with Crippen LogP contribution in [0.1, 0.15) is 31.9 Å². The van der Waals surface area contributed by atoms with E-state index in [1.165, 1.54) is 18.1 Å². The van der Waals surface area contributed by atoms with E-state index < -0.39 is 0 Å². The fourth-order valence-corrected chi connectivity index (χ4v) is 4.39. The summed E-state index contributed by atoms with van der Waals surface area (Å²) in [5.74, 6) is -0.355. The molecule has 2 aromatic carbocycles. The van der Waals surface area contributed by atoms with Crippen LogP contribution >= 0.6 is 22.6 Å². The molecule has 0 aliphatic carbocycles. The Morgan fingerprint density at radius 2 is 1.93 bits per heavy atom. The Hall–Kier alpha value is -1.86. The molecule has 0 radical (unpaired) electrons. The average molecular weight is 505 g/mol. The average Bonchev–Trinajstić information content (AvgIpc) is 3.01. The normalized spacial score (nSPS) is 12.9. The lowest BCUT2D eigenvalue weighted by Crippen LogP contribution is -2.20. The van der Waals surface area contributed by atoms with Crippen LogP contribution in [0.4, 0.5) is 0 Å². The van der Waals surface area contributed by atoms with Crippen molar-refractivity contribution >= 4 is 39.5 Å². The maximum absolute atomic E-state index is 11.8. The third-order valence-corrected chi connectivity index (χ3v) is 6.26. The molecule has 154 valence electrons. The number of hydrogen-bond acceptors (Lipinski definition) is 3. The minimum atomic E-state index is -0.185. The standard InChI is InChI=1S/C24H28INO3/c1-15(23(28)29-4)10-16-6-5-7-17(11-16)18-8-9-21-19(12-18)20(22(25)26-21)13-24(2,3)14-27/h5-9,11-12,15,26-27H,10,13-14H2,1-4H3/t15-/m0/s1. The number of carbonyl (C=O) groups is 1. The number of fused-ring (bicyclic) bond motifs is 1. The van der Waals surface area contributed by atoms with Gasteiger partial charge in [-0.05, 0) is 75.2 Å². The highest BCUT2D eigenvalue weighted by atomic mass is 127. The number of halogens is 1. The van der Waals surface area contributed by atoms with Crippen LogP contribution < -0.4 is 0 Å². The molecule has 3 aromatic rings. The molecule has 0 saturated carbocycles. The summed E-state index contributed by atoms with van der Waals surface area (Å²) in [5.41, 5.74) is 5.57. The minimum Gasteiger partial charge on any atom is -0.469 e. The van der Waals surface area contributed by atoms with Crippen molar-refractivity contribution in [1.29, 1.82) is 0 Å². The van der Waals surface area contributed by atoms with Gasteiger partial charge in [-0.1, -0.05) is 51.1 Å². The Kier molecular flexibility index (Phi) is 6.69. The highest BCUT2D eigenvalue weighted by molar-refractivity contribution is 14.1. The summed E-state index contributed by atoms with van der Waals surface area (Å²) in [6.45, 7) is 6.20. The second-order valence-electron chi connectivity index (χ2n) is 8.51. The molecule has 0 aliphatic heterocycles. The van der Waals surface area contributed by atoms with Gasteiger partial charge in [-0.3, -0.25) is 4.79 Å². The number of esters is 1. The highest BCUT2D eigenvalue weighted by Gasteiger charge is 2.22. The minimum absolute atomic E-state index is 0.149. The zero-order valence-corrected chi connectivity index (χ0v) is 19.5. The number of aliphatic hydroxyl groups excluding tert-OH is 1. The summed E-state index contributed by atoms with van der Waals surface area (Å²) in [4.78, 5) is 15.2. The first kappa shape index (κ1) is 21.8. The first-order chi connectivity index (χ1) is 13.7. The van der Waals surface area contributed by atoms with Gasteiger partial charge >= 0.3 is 5.97 Å². The van der Waals surface area contributed by atoms with E-state index in [1.807, 2.05) is 13.0 Å². The summed E-state index contributed by atoms with van der Waals surface area (Å²) in [7, 11) is 1.43. The fraction of sp³-hybridized carbons (Fsp3) is 0.375. The Labute approximate surface area is 185 Å². The van der Waals surface area contributed by atoms with E-state index in [1.54, 1.807) is 0 Å². The van der Waals surface area contributed by atoms with Crippen LogP contribution in [0.5, 0.6) is 0 Å². The third-order valence-electron chi connectivity index (χ3n) is 5.34. The largest absolute Gasteiger partial charge is 0.469 e. The van der Waals surface area contributed by atoms with E-state index in [0.29, 0.717) is 6.42 Å². The predicted octanol–water partition coefficient (Wildman–Crippen LogP) is 5.35. The molecule has 0 aliphatic rings. The summed E-state index contributed by atoms with van der Waals surface area (Å²) in [6.07, 6.45) is 1.46. The number of methoxy groups -OCH3 is 1. The number of carbonyl (C=O) groups excluding carboxylic acids is 1. The van der Waals surface area contributed by atoms with Crippen molar-refractivity contribution in [3.63, 3.8) is 0 Å². The molecule has 0 amide bonds. The Balaban J connectivity index is 1.96. The van der Waals surface area contributed by atoms with Crippen LogP contribution in [0.25, 0.3) is 22.0 Å². The number of rotatable bonds is 7. The second-order valence-corrected chi connectivity index (χ2v) is 9.58. The van der Waals surface area contributed by atoms with Gasteiger partial charge in [-0.25, -0.2) is 0 Å². The highest BCUT2D eigenvalue weighted by Crippen LogP contribution is 2.33. The molecule has 0 spiro atoms. The zero-order chi connectivity index (χ0) is 21.2. The molecular weight excluding hydrogens is 477 g/mol. The number of nitrogens with one attached hydrogen (secondary N) is 1. The third kappa shape index (κ3) is 5.01. The van der Waals surface area contributed by atoms with Crippen LogP contribution in [-0.4, -0.2) is 29.8 Å². The maximum Gasteiger partial charge on any atom is 0.308 e. The molecule has 0 unspecified atom stereocenters. The number of H-pyrrole nitrogens is 1. The van der Waals surface area contributed by atoms with E-state index in [-0.39, 0.29) is 23.9 Å². The molecule has 0 fully saturated rings. The number of aromatic nitrogens is 1. The lowest BCUT2D eigenvalue weighted by atomic mass is 9.86. The lowest BCUT2D eigenvalue weighted by molar-refractivity contribution is -0.144. The summed E-state index contributed by atoms with van der Waals surface area (Å²) in [5, 5.41) is 10.9. The monoisotopic (exact) mass is 505 g/mol. The van der Waals surface area contributed by atoms with Crippen molar-refractivity contribution in [3.05, 3.63) is 57.3 Å². The number of ether oxygens (including phenoxy) is 1. The molecule has 1 aromatic heterocycles. The molecule has 2 N–H and O–H groups in total. The van der Waals surface area contributed by atoms with Crippen LogP contribution in [0.3, 0.4) is 0 Å². The van der Waals surface area contributed by atoms with Gasteiger partial charge in [0.1, 0.15) is 0 Å². The van der Waals surface area contributed by atoms with Crippen molar-refractivity contribution < 1.29 is 14.6 Å². The molecule has 29 heavy (non-hydrogen) atoms. The summed E-state index contributed by atoms with van der Waals surface area (Å²) < 4.78 is 5.97. The topological polar surface area (TPSA) is 62.3 Å². The maximum atomic E-state index is 11.8. The van der Waals surface area contributed by atoms with Crippen LogP contribution in [-0.2, 0) is 22.4 Å². The molecule has 0 saturated heterocycles. The van der Waals surface area contributed by atoms with Crippen LogP contribution in [0, 0.1) is 15.0 Å².